The van der Waals surface area contributed by atoms with Crippen LogP contribution in [0.3, 0.4) is 0 Å². The van der Waals surface area contributed by atoms with E-state index in [2.05, 4.69) is 41.4 Å². The zero-order chi connectivity index (χ0) is 58.8. The molecule has 0 aliphatic carbocycles. The molecule has 3 aliphatic rings. The third-order valence-corrected chi connectivity index (χ3v) is 15.7. The topological polar surface area (TPSA) is 295 Å². The number of anilines is 3. The van der Waals surface area contributed by atoms with Crippen molar-refractivity contribution in [2.45, 2.75) is 103 Å². The smallest absolute Gasteiger partial charge is 0.339 e. The van der Waals surface area contributed by atoms with Crippen LogP contribution >= 0.6 is 11.3 Å². The van der Waals surface area contributed by atoms with Gasteiger partial charge in [-0.3, -0.25) is 19.2 Å². The first kappa shape index (κ1) is 59.9. The van der Waals surface area contributed by atoms with Gasteiger partial charge < -0.3 is 64.6 Å². The lowest BCUT2D eigenvalue weighted by molar-refractivity contribution is -0.144. The van der Waals surface area contributed by atoms with E-state index in [9.17, 15) is 34.2 Å². The van der Waals surface area contributed by atoms with Gasteiger partial charge in [0.05, 0.1) is 72.4 Å². The molecule has 0 bridgehead atoms. The molecule has 23 nitrogen and oxygen atoms in total. The molecular weight excluding hydrogens is 1090 g/mol. The van der Waals surface area contributed by atoms with E-state index in [4.69, 9.17) is 28.3 Å². The Bertz CT molecular complexity index is 3230. The Kier molecular flexibility index (Phi) is 19.2. The van der Waals surface area contributed by atoms with Crippen molar-refractivity contribution in [3.05, 3.63) is 118 Å². The average Bonchev–Trinajstić information content (AvgIpc) is 4.34. The van der Waals surface area contributed by atoms with Crippen LogP contribution in [-0.4, -0.2) is 159 Å². The standard InChI is InChI=1S/C59H71N11O12S/c1-35-49(83-34-62-35)38-14-12-36(13-15-38)28-60-52(75)46-27-41(72)30-70(46)55(76)50(58(2,3)4)65-47(73)32-79-24-22-78-23-25-80-33-48(74)69-20-18-39(19-21-69)53-67-68-54(81-53)43-29-61-57(66-51(43)64-45(31-71)37-10-8-7-9-11-37)63-40-16-17-42-44(26-40)59(5,6)82-56(42)77/h7-17,26,29,34,39,41,45-46,50,71-72H,18-25,27-28,30-33H2,1-6H3,(H,60,75)(H,65,73)(H2,61,63,64,66)/t41-,45-,46+,50-/m1/s1. The van der Waals surface area contributed by atoms with Gasteiger partial charge in [-0.15, -0.1) is 21.5 Å². The maximum atomic E-state index is 14.0. The van der Waals surface area contributed by atoms with E-state index in [1.54, 1.807) is 40.1 Å². The minimum atomic E-state index is -1.01. The second-order valence-corrected chi connectivity index (χ2v) is 23.1. The second kappa shape index (κ2) is 26.7. The number of thiazole rings is 1. The normalized spacial score (nSPS) is 17.6. The van der Waals surface area contributed by atoms with Gasteiger partial charge in [-0.1, -0.05) is 75.4 Å². The fourth-order valence-electron chi connectivity index (χ4n) is 10.2. The van der Waals surface area contributed by atoms with E-state index in [1.165, 1.54) is 4.90 Å². The number of aromatic nitrogens is 5. The number of cyclic esters (lactones) is 1. The molecule has 4 atom stereocenters. The number of likely N-dealkylation sites (tertiary alicyclic amines) is 2. The van der Waals surface area contributed by atoms with Crippen molar-refractivity contribution in [1.82, 2.24) is 45.6 Å². The Morgan fingerprint density at radius 2 is 1.63 bits per heavy atom. The zero-order valence-electron chi connectivity index (χ0n) is 47.4. The first-order valence-electron chi connectivity index (χ1n) is 27.7. The minimum absolute atomic E-state index is 0.0446. The summed E-state index contributed by atoms with van der Waals surface area (Å²) in [7, 11) is 0. The number of hydrogen-bond donors (Lipinski definition) is 6. The highest BCUT2D eigenvalue weighted by molar-refractivity contribution is 7.13. The van der Waals surface area contributed by atoms with Crippen molar-refractivity contribution in [2.75, 3.05) is 76.5 Å². The van der Waals surface area contributed by atoms with E-state index in [1.807, 2.05) is 102 Å². The number of esters is 1. The van der Waals surface area contributed by atoms with Gasteiger partial charge >= 0.3 is 5.97 Å². The Hall–Kier alpha value is -7.74. The Balaban J connectivity index is 0.682. The molecule has 2 fully saturated rings. The van der Waals surface area contributed by atoms with E-state index in [0.717, 1.165) is 32.8 Å². The number of β-amino-alcohol motifs (C(OH)–C–C–N with tert-alkyl or cyclic N) is 1. The highest BCUT2D eigenvalue weighted by Crippen LogP contribution is 2.39. The van der Waals surface area contributed by atoms with E-state index in [0.29, 0.717) is 54.5 Å². The summed E-state index contributed by atoms with van der Waals surface area (Å²) in [4.78, 5) is 83.9. The summed E-state index contributed by atoms with van der Waals surface area (Å²) in [6.45, 7) is 12.0. The molecule has 0 unspecified atom stereocenters. The summed E-state index contributed by atoms with van der Waals surface area (Å²) in [5, 5.41) is 42.1. The Labute approximate surface area is 484 Å². The van der Waals surface area contributed by atoms with Crippen LogP contribution in [-0.2, 0) is 50.3 Å². The van der Waals surface area contributed by atoms with E-state index < -0.39 is 53.0 Å². The van der Waals surface area contributed by atoms with E-state index >= 15 is 0 Å². The first-order chi connectivity index (χ1) is 39.8. The van der Waals surface area contributed by atoms with Crippen LogP contribution in [0.25, 0.3) is 21.9 Å². The van der Waals surface area contributed by atoms with Gasteiger partial charge in [0.15, 0.2) is 0 Å². The Morgan fingerprint density at radius 3 is 2.33 bits per heavy atom. The molecule has 3 aliphatic heterocycles. The maximum absolute atomic E-state index is 14.0. The summed E-state index contributed by atoms with van der Waals surface area (Å²) >= 11 is 1.56. The van der Waals surface area contributed by atoms with Crippen LogP contribution in [0.2, 0.25) is 0 Å². The fraction of sp³-hybridized carbons (Fsp3) is 0.458. The van der Waals surface area contributed by atoms with Gasteiger partial charge in [-0.25, -0.2) is 14.8 Å². The molecule has 9 rings (SSSR count). The van der Waals surface area contributed by atoms with Crippen LogP contribution in [0.5, 0.6) is 0 Å². The number of piperidine rings is 1. The molecule has 24 heteroatoms. The summed E-state index contributed by atoms with van der Waals surface area (Å²) in [5.41, 5.74) is 6.25. The minimum Gasteiger partial charge on any atom is -0.451 e. The SMILES string of the molecule is Cc1ncsc1-c1ccc(CNC(=O)[C@@H]2C[C@@H](O)CN2C(=O)[C@@H](NC(=O)COCCOCCOCC(=O)N2CCC(c3nnc(-c4cnc(Nc5ccc6c(c5)C(C)(C)OC6=O)nc4N[C@H](CO)c4ccccc4)o3)CC2)C(C)(C)C)cc1. The number of carbonyl (C=O) groups excluding carboxylic acids is 5. The number of hydrogen-bond acceptors (Lipinski definition) is 20. The molecule has 3 aromatic heterocycles. The number of benzene rings is 3. The van der Waals surface area contributed by atoms with Crippen LogP contribution in [0.1, 0.15) is 104 Å². The number of carbonyl (C=O) groups is 5. The lowest BCUT2D eigenvalue weighted by Crippen LogP contribution is -2.58. The van der Waals surface area contributed by atoms with Crippen LogP contribution in [0, 0.1) is 12.3 Å². The van der Waals surface area contributed by atoms with Crippen molar-refractivity contribution >= 4 is 58.4 Å². The van der Waals surface area contributed by atoms with Crippen molar-refractivity contribution in [3.63, 3.8) is 0 Å². The monoisotopic (exact) mass is 1160 g/mol. The lowest BCUT2D eigenvalue weighted by Gasteiger charge is -2.35. The van der Waals surface area contributed by atoms with Crippen molar-refractivity contribution < 1.29 is 57.6 Å². The van der Waals surface area contributed by atoms with Gasteiger partial charge in [0.2, 0.25) is 35.5 Å². The number of nitrogens with one attached hydrogen (secondary N) is 4. The number of aliphatic hydroxyl groups is 2. The number of fused-ring (bicyclic) bond motifs is 1. The van der Waals surface area contributed by atoms with Crippen LogP contribution in [0.4, 0.5) is 17.5 Å². The molecule has 83 heavy (non-hydrogen) atoms. The van der Waals surface area contributed by atoms with Crippen molar-refractivity contribution in [2.24, 2.45) is 5.41 Å². The van der Waals surface area contributed by atoms with Crippen molar-refractivity contribution in [3.8, 4) is 21.9 Å². The van der Waals surface area contributed by atoms with Gasteiger partial charge in [-0.2, -0.15) is 4.98 Å². The van der Waals surface area contributed by atoms with E-state index in [-0.39, 0.29) is 95.4 Å². The molecule has 6 aromatic rings. The second-order valence-electron chi connectivity index (χ2n) is 22.3. The highest BCUT2D eigenvalue weighted by atomic mass is 32.1. The van der Waals surface area contributed by atoms with Gasteiger partial charge in [-0.05, 0) is 73.9 Å². The Morgan fingerprint density at radius 1 is 0.904 bits per heavy atom. The average molecular weight is 1160 g/mol. The molecule has 2 saturated heterocycles. The highest BCUT2D eigenvalue weighted by Gasteiger charge is 2.45. The van der Waals surface area contributed by atoms with Crippen LogP contribution in [0.15, 0.2) is 88.9 Å². The number of amides is 4. The third kappa shape index (κ3) is 14.9. The predicted molar refractivity (Wildman–Crippen MR) is 306 cm³/mol. The summed E-state index contributed by atoms with van der Waals surface area (Å²) in [6, 6.07) is 20.1. The third-order valence-electron chi connectivity index (χ3n) is 14.8. The molecule has 4 amide bonds. The van der Waals surface area contributed by atoms with Crippen LogP contribution < -0.4 is 21.3 Å². The molecule has 0 radical (unpaired) electrons. The number of rotatable bonds is 24. The fourth-order valence-corrected chi connectivity index (χ4v) is 11.0. The molecular formula is C59H71N11O12S. The number of nitrogens with zero attached hydrogens (tertiary/aromatic N) is 7. The summed E-state index contributed by atoms with van der Waals surface area (Å²) in [6.07, 6.45) is 1.89. The molecule has 440 valence electrons. The molecule has 6 heterocycles. The van der Waals surface area contributed by atoms with Gasteiger partial charge in [0.25, 0.3) is 5.89 Å². The lowest BCUT2D eigenvalue weighted by atomic mass is 9.85. The molecule has 6 N–H and O–H groups in total. The number of ether oxygens (including phenoxy) is 4. The van der Waals surface area contributed by atoms with Crippen molar-refractivity contribution in [1.29, 1.82) is 0 Å². The van der Waals surface area contributed by atoms with Gasteiger partial charge in [0, 0.05) is 56.0 Å². The number of aryl methyl sites for hydroxylation is 1. The summed E-state index contributed by atoms with van der Waals surface area (Å²) < 4.78 is 28.6. The maximum Gasteiger partial charge on any atom is 0.339 e. The largest absolute Gasteiger partial charge is 0.451 e. The quantitative estimate of drug-likeness (QED) is 0.0307. The molecule has 0 saturated carbocycles. The van der Waals surface area contributed by atoms with Gasteiger partial charge in [0.1, 0.15) is 36.7 Å². The first-order valence-corrected chi connectivity index (χ1v) is 28.6. The zero-order valence-corrected chi connectivity index (χ0v) is 48.2. The molecule has 3 aromatic carbocycles. The molecule has 0 spiro atoms. The predicted octanol–water partition coefficient (Wildman–Crippen LogP) is 5.82. The summed E-state index contributed by atoms with van der Waals surface area (Å²) in [5.74, 6) is -0.899. The number of aliphatic hydroxyl groups excluding tert-OH is 2.